The fourth-order valence-electron chi connectivity index (χ4n) is 1.96. The van der Waals surface area contributed by atoms with E-state index >= 15 is 0 Å². The summed E-state index contributed by atoms with van der Waals surface area (Å²) in [6, 6.07) is 0. The molecule has 0 aliphatic heterocycles. The van der Waals surface area contributed by atoms with E-state index in [1.165, 1.54) is 0 Å². The smallest absolute Gasteiger partial charge is 0.183 e. The van der Waals surface area contributed by atoms with E-state index in [0.717, 1.165) is 11.4 Å². The molecule has 1 atom stereocenters. The molecule has 5 nitrogen and oxygen atoms in total. The van der Waals surface area contributed by atoms with Gasteiger partial charge in [0.1, 0.15) is 6.10 Å². The fraction of sp³-hybridized carbons (Fsp3) is 0.769. The lowest BCUT2D eigenvalue weighted by Crippen LogP contribution is -2.34. The molecule has 0 radical (unpaired) electrons. The van der Waals surface area contributed by atoms with Crippen molar-refractivity contribution in [2.24, 2.45) is 0 Å². The van der Waals surface area contributed by atoms with Crippen LogP contribution in [0.3, 0.4) is 0 Å². The predicted molar refractivity (Wildman–Crippen MR) is 74.4 cm³/mol. The van der Waals surface area contributed by atoms with Crippen molar-refractivity contribution in [2.75, 3.05) is 13.2 Å². The van der Waals surface area contributed by atoms with Gasteiger partial charge in [0, 0.05) is 26.2 Å². The van der Waals surface area contributed by atoms with E-state index in [2.05, 4.69) is 5.10 Å². The SMILES string of the molecule is CCOC(OCC)C(O)Cc1c(Cl)c(C)nn1CC. The molecule has 0 aliphatic carbocycles. The third-order valence-corrected chi connectivity index (χ3v) is 3.32. The maximum atomic E-state index is 10.2. The Morgan fingerprint density at radius 1 is 1.26 bits per heavy atom. The van der Waals surface area contributed by atoms with Crippen molar-refractivity contribution in [1.29, 1.82) is 0 Å². The zero-order valence-electron chi connectivity index (χ0n) is 12.0. The maximum Gasteiger partial charge on any atom is 0.183 e. The Hall–Kier alpha value is -0.620. The van der Waals surface area contributed by atoms with Gasteiger partial charge in [-0.1, -0.05) is 11.6 Å². The van der Waals surface area contributed by atoms with E-state index in [1.807, 2.05) is 27.7 Å². The Kier molecular flexibility index (Phi) is 6.79. The number of nitrogens with zero attached hydrogens (tertiary/aromatic N) is 2. The molecule has 1 N–H and O–H groups in total. The first kappa shape index (κ1) is 16.4. The van der Waals surface area contributed by atoms with E-state index in [0.29, 0.717) is 31.2 Å². The lowest BCUT2D eigenvalue weighted by molar-refractivity contribution is -0.189. The van der Waals surface area contributed by atoms with Crippen LogP contribution in [0.1, 0.15) is 32.2 Å². The van der Waals surface area contributed by atoms with Crippen LogP contribution in [0.25, 0.3) is 0 Å². The quantitative estimate of drug-likeness (QED) is 0.746. The third-order valence-electron chi connectivity index (χ3n) is 2.83. The summed E-state index contributed by atoms with van der Waals surface area (Å²) in [5, 5.41) is 15.2. The van der Waals surface area contributed by atoms with Crippen molar-refractivity contribution in [3.63, 3.8) is 0 Å². The van der Waals surface area contributed by atoms with E-state index in [4.69, 9.17) is 21.1 Å². The summed E-state index contributed by atoms with van der Waals surface area (Å²) in [7, 11) is 0. The molecule has 0 fully saturated rings. The van der Waals surface area contributed by atoms with Crippen LogP contribution in [0.2, 0.25) is 5.02 Å². The second kappa shape index (κ2) is 7.85. The van der Waals surface area contributed by atoms with E-state index in [-0.39, 0.29) is 0 Å². The molecule has 1 unspecified atom stereocenters. The largest absolute Gasteiger partial charge is 0.387 e. The van der Waals surface area contributed by atoms with Gasteiger partial charge < -0.3 is 14.6 Å². The fourth-order valence-corrected chi connectivity index (χ4v) is 2.17. The Labute approximate surface area is 119 Å². The number of aliphatic hydroxyl groups excluding tert-OH is 1. The summed E-state index contributed by atoms with van der Waals surface area (Å²) in [5.74, 6) is 0. The first-order valence-electron chi connectivity index (χ1n) is 6.68. The van der Waals surface area contributed by atoms with Crippen LogP contribution in [0.4, 0.5) is 0 Å². The molecule has 0 aromatic carbocycles. The van der Waals surface area contributed by atoms with Crippen LogP contribution in [0.15, 0.2) is 0 Å². The van der Waals surface area contributed by atoms with Gasteiger partial charge in [0.15, 0.2) is 6.29 Å². The van der Waals surface area contributed by atoms with Gasteiger partial charge >= 0.3 is 0 Å². The number of hydrogen-bond donors (Lipinski definition) is 1. The van der Waals surface area contributed by atoms with Gasteiger partial charge in [-0.05, 0) is 27.7 Å². The van der Waals surface area contributed by atoms with Gasteiger partial charge in [-0.2, -0.15) is 5.10 Å². The highest BCUT2D eigenvalue weighted by Crippen LogP contribution is 2.22. The molecule has 1 aromatic rings. The van der Waals surface area contributed by atoms with Crippen LogP contribution < -0.4 is 0 Å². The van der Waals surface area contributed by atoms with Crippen molar-refractivity contribution in [1.82, 2.24) is 9.78 Å². The summed E-state index contributed by atoms with van der Waals surface area (Å²) in [4.78, 5) is 0. The summed E-state index contributed by atoms with van der Waals surface area (Å²) in [6.07, 6.45) is -1.04. The molecule has 0 saturated carbocycles. The average Bonchev–Trinajstić information content (AvgIpc) is 2.66. The number of aliphatic hydroxyl groups is 1. The second-order valence-corrected chi connectivity index (χ2v) is 4.59. The average molecular weight is 291 g/mol. The molecule has 0 aliphatic rings. The highest BCUT2D eigenvalue weighted by atomic mass is 35.5. The first-order chi connectivity index (χ1) is 9.04. The summed E-state index contributed by atoms with van der Waals surface area (Å²) < 4.78 is 12.6. The Balaban J connectivity index is 2.82. The molecule has 0 amide bonds. The Morgan fingerprint density at radius 2 is 1.84 bits per heavy atom. The van der Waals surface area contributed by atoms with Crippen LogP contribution in [-0.2, 0) is 22.4 Å². The zero-order valence-corrected chi connectivity index (χ0v) is 12.8. The Bertz CT molecular complexity index is 389. The minimum atomic E-state index is -0.765. The van der Waals surface area contributed by atoms with Crippen LogP contribution >= 0.6 is 11.6 Å². The van der Waals surface area contributed by atoms with Crippen molar-refractivity contribution in [3.8, 4) is 0 Å². The predicted octanol–water partition coefficient (Wildman–Crippen LogP) is 2.17. The molecule has 1 rings (SSSR count). The standard InChI is InChI=1S/C13H23ClN2O3/c1-5-16-10(12(14)9(4)15-16)8-11(17)13(18-6-2)19-7-3/h11,13,17H,5-8H2,1-4H3. The van der Waals surface area contributed by atoms with Gasteiger partial charge in [-0.3, -0.25) is 4.68 Å². The van der Waals surface area contributed by atoms with Crippen LogP contribution in [-0.4, -0.2) is 40.5 Å². The molecule has 0 bridgehead atoms. The van der Waals surface area contributed by atoms with Crippen LogP contribution in [0.5, 0.6) is 0 Å². The molecule has 0 saturated heterocycles. The lowest BCUT2D eigenvalue weighted by atomic mass is 10.1. The van der Waals surface area contributed by atoms with Crippen molar-refractivity contribution in [3.05, 3.63) is 16.4 Å². The monoisotopic (exact) mass is 290 g/mol. The van der Waals surface area contributed by atoms with Gasteiger partial charge in [0.2, 0.25) is 0 Å². The minimum Gasteiger partial charge on any atom is -0.387 e. The van der Waals surface area contributed by atoms with Crippen molar-refractivity contribution >= 4 is 11.6 Å². The summed E-state index contributed by atoms with van der Waals surface area (Å²) >= 11 is 6.22. The first-order valence-corrected chi connectivity index (χ1v) is 7.05. The number of aryl methyl sites for hydroxylation is 2. The van der Waals surface area contributed by atoms with Gasteiger partial charge in [0.05, 0.1) is 16.4 Å². The maximum absolute atomic E-state index is 10.2. The van der Waals surface area contributed by atoms with E-state index in [1.54, 1.807) is 4.68 Å². The molecule has 19 heavy (non-hydrogen) atoms. The summed E-state index contributed by atoms with van der Waals surface area (Å²) in [6.45, 7) is 9.26. The van der Waals surface area contributed by atoms with Crippen molar-refractivity contribution in [2.45, 2.75) is 53.1 Å². The highest BCUT2D eigenvalue weighted by Gasteiger charge is 2.24. The number of halogens is 1. The zero-order chi connectivity index (χ0) is 14.4. The molecule has 6 heteroatoms. The molecular formula is C13H23ClN2O3. The van der Waals surface area contributed by atoms with Gasteiger partial charge in [0.25, 0.3) is 0 Å². The molecular weight excluding hydrogens is 268 g/mol. The molecule has 1 aromatic heterocycles. The molecule has 110 valence electrons. The van der Waals surface area contributed by atoms with Crippen LogP contribution in [0, 0.1) is 6.92 Å². The third kappa shape index (κ3) is 4.18. The second-order valence-electron chi connectivity index (χ2n) is 4.21. The number of ether oxygens (including phenoxy) is 2. The van der Waals surface area contributed by atoms with E-state index < -0.39 is 12.4 Å². The number of rotatable bonds is 8. The summed E-state index contributed by atoms with van der Waals surface area (Å²) in [5.41, 5.74) is 1.59. The van der Waals surface area contributed by atoms with Gasteiger partial charge in [-0.15, -0.1) is 0 Å². The lowest BCUT2D eigenvalue weighted by Gasteiger charge is -2.22. The highest BCUT2D eigenvalue weighted by molar-refractivity contribution is 6.31. The topological polar surface area (TPSA) is 56.5 Å². The van der Waals surface area contributed by atoms with E-state index in [9.17, 15) is 5.11 Å². The number of hydrogen-bond acceptors (Lipinski definition) is 4. The minimum absolute atomic E-state index is 0.359. The normalized spacial score (nSPS) is 13.2. The Morgan fingerprint density at radius 3 is 2.32 bits per heavy atom. The molecule has 1 heterocycles. The number of aromatic nitrogens is 2. The van der Waals surface area contributed by atoms with Gasteiger partial charge in [-0.25, -0.2) is 0 Å². The molecule has 0 spiro atoms. The van der Waals surface area contributed by atoms with Crippen molar-refractivity contribution < 1.29 is 14.6 Å².